The number of benzene rings is 2. The molecule has 0 N–H and O–H groups in total. The molecule has 0 aliphatic heterocycles. The predicted molar refractivity (Wildman–Crippen MR) is 72.3 cm³/mol. The minimum Gasteiger partial charge on any atom is -0.431 e. The van der Waals surface area contributed by atoms with E-state index in [1.807, 2.05) is 24.3 Å². The van der Waals surface area contributed by atoms with Crippen LogP contribution in [-0.2, 0) is 4.74 Å². The number of carbonyl (C=O) groups is 1. The summed E-state index contributed by atoms with van der Waals surface area (Å²) in [5.74, 6) is -0.390. The first-order chi connectivity index (χ1) is 8.77. The van der Waals surface area contributed by atoms with Crippen LogP contribution in [0.3, 0.4) is 0 Å². The summed E-state index contributed by atoms with van der Waals surface area (Å²) in [5.41, 5.74) is 1.32. The molecule has 18 heavy (non-hydrogen) atoms. The van der Waals surface area contributed by atoms with Crippen LogP contribution in [0.2, 0.25) is 5.02 Å². The van der Waals surface area contributed by atoms with E-state index in [-0.39, 0.29) is 5.97 Å². The molecule has 2 aromatic rings. The SMILES string of the molecule is O=C(O/C=C/c1ccccc1Cl)c1ccccc1. The molecule has 0 saturated carbocycles. The fourth-order valence-corrected chi connectivity index (χ4v) is 1.62. The Kier molecular flexibility index (Phi) is 4.15. The van der Waals surface area contributed by atoms with Gasteiger partial charge in [0.15, 0.2) is 0 Å². The number of halogens is 1. The van der Waals surface area contributed by atoms with Gasteiger partial charge < -0.3 is 4.74 Å². The first kappa shape index (κ1) is 12.4. The Morgan fingerprint density at radius 3 is 2.39 bits per heavy atom. The highest BCUT2D eigenvalue weighted by molar-refractivity contribution is 6.32. The second kappa shape index (κ2) is 6.03. The summed E-state index contributed by atoms with van der Waals surface area (Å²) in [6.07, 6.45) is 3.00. The van der Waals surface area contributed by atoms with Crippen molar-refractivity contribution < 1.29 is 9.53 Å². The highest BCUT2D eigenvalue weighted by Gasteiger charge is 2.03. The van der Waals surface area contributed by atoms with Crippen molar-refractivity contribution in [2.45, 2.75) is 0 Å². The lowest BCUT2D eigenvalue weighted by Crippen LogP contribution is -1.99. The van der Waals surface area contributed by atoms with Gasteiger partial charge in [-0.1, -0.05) is 48.0 Å². The van der Waals surface area contributed by atoms with Crippen molar-refractivity contribution in [2.75, 3.05) is 0 Å². The van der Waals surface area contributed by atoms with Crippen molar-refractivity contribution in [3.8, 4) is 0 Å². The smallest absolute Gasteiger partial charge is 0.342 e. The topological polar surface area (TPSA) is 26.3 Å². The van der Waals surface area contributed by atoms with E-state index in [9.17, 15) is 4.79 Å². The molecule has 0 atom stereocenters. The molecule has 0 saturated heterocycles. The minimum atomic E-state index is -0.390. The maximum atomic E-state index is 11.6. The average molecular weight is 259 g/mol. The molecule has 0 aromatic heterocycles. The van der Waals surface area contributed by atoms with Crippen LogP contribution in [0.15, 0.2) is 60.9 Å². The number of hydrogen-bond acceptors (Lipinski definition) is 2. The molecule has 0 radical (unpaired) electrons. The van der Waals surface area contributed by atoms with Crippen LogP contribution in [0.5, 0.6) is 0 Å². The Hall–Kier alpha value is -2.06. The van der Waals surface area contributed by atoms with Crippen LogP contribution < -0.4 is 0 Å². The molecule has 0 fully saturated rings. The molecule has 0 aliphatic rings. The number of hydrogen-bond donors (Lipinski definition) is 0. The van der Waals surface area contributed by atoms with Crippen LogP contribution in [0, 0.1) is 0 Å². The summed E-state index contributed by atoms with van der Waals surface area (Å²) < 4.78 is 5.01. The van der Waals surface area contributed by atoms with Gasteiger partial charge in [0, 0.05) is 5.02 Å². The van der Waals surface area contributed by atoms with Crippen LogP contribution in [0.4, 0.5) is 0 Å². The average Bonchev–Trinajstić information content (AvgIpc) is 2.42. The lowest BCUT2D eigenvalue weighted by Gasteiger charge is -1.99. The van der Waals surface area contributed by atoms with Crippen LogP contribution in [0.1, 0.15) is 15.9 Å². The molecular formula is C15H11ClO2. The molecule has 2 nitrogen and oxygen atoms in total. The normalized spacial score (nSPS) is 10.5. The van der Waals surface area contributed by atoms with E-state index >= 15 is 0 Å². The summed E-state index contributed by atoms with van der Waals surface area (Å²) >= 11 is 5.96. The van der Waals surface area contributed by atoms with Gasteiger partial charge >= 0.3 is 5.97 Å². The molecular weight excluding hydrogens is 248 g/mol. The van der Waals surface area contributed by atoms with Gasteiger partial charge in [-0.25, -0.2) is 4.79 Å². The zero-order valence-corrected chi connectivity index (χ0v) is 10.3. The van der Waals surface area contributed by atoms with Crippen molar-refractivity contribution in [3.05, 3.63) is 77.0 Å². The van der Waals surface area contributed by atoms with E-state index in [1.54, 1.807) is 36.4 Å². The molecule has 0 aliphatic carbocycles. The molecule has 0 unspecified atom stereocenters. The molecule has 0 bridgehead atoms. The van der Waals surface area contributed by atoms with Gasteiger partial charge in [0.25, 0.3) is 0 Å². The monoisotopic (exact) mass is 258 g/mol. The van der Waals surface area contributed by atoms with E-state index in [0.29, 0.717) is 10.6 Å². The molecule has 2 rings (SSSR count). The lowest BCUT2D eigenvalue weighted by atomic mass is 10.2. The van der Waals surface area contributed by atoms with E-state index in [4.69, 9.17) is 16.3 Å². The Morgan fingerprint density at radius 2 is 1.67 bits per heavy atom. The third-order valence-corrected chi connectivity index (χ3v) is 2.68. The molecule has 0 heterocycles. The number of ether oxygens (including phenoxy) is 1. The summed E-state index contributed by atoms with van der Waals surface area (Å²) in [6.45, 7) is 0. The van der Waals surface area contributed by atoms with Crippen molar-refractivity contribution in [1.29, 1.82) is 0 Å². The first-order valence-corrected chi connectivity index (χ1v) is 5.82. The van der Waals surface area contributed by atoms with Crippen LogP contribution in [-0.4, -0.2) is 5.97 Å². The Labute approximate surface area is 110 Å². The highest BCUT2D eigenvalue weighted by Crippen LogP contribution is 2.16. The predicted octanol–water partition coefficient (Wildman–Crippen LogP) is 4.17. The zero-order valence-electron chi connectivity index (χ0n) is 9.55. The quantitative estimate of drug-likeness (QED) is 0.610. The highest BCUT2D eigenvalue weighted by atomic mass is 35.5. The zero-order chi connectivity index (χ0) is 12.8. The van der Waals surface area contributed by atoms with Crippen LogP contribution in [0.25, 0.3) is 6.08 Å². The third kappa shape index (κ3) is 3.22. The Morgan fingerprint density at radius 1 is 1.00 bits per heavy atom. The molecule has 0 spiro atoms. The summed E-state index contributed by atoms with van der Waals surface area (Å²) in [7, 11) is 0. The molecule has 0 amide bonds. The first-order valence-electron chi connectivity index (χ1n) is 5.44. The Balaban J connectivity index is 2.00. The van der Waals surface area contributed by atoms with Gasteiger partial charge in [-0.05, 0) is 29.8 Å². The van der Waals surface area contributed by atoms with Gasteiger partial charge in [0.05, 0.1) is 11.8 Å². The van der Waals surface area contributed by atoms with Gasteiger partial charge in [-0.15, -0.1) is 0 Å². The van der Waals surface area contributed by atoms with Crippen molar-refractivity contribution in [3.63, 3.8) is 0 Å². The third-order valence-electron chi connectivity index (χ3n) is 2.34. The fourth-order valence-electron chi connectivity index (χ4n) is 1.42. The van der Waals surface area contributed by atoms with E-state index in [0.717, 1.165) is 5.56 Å². The van der Waals surface area contributed by atoms with Gasteiger partial charge in [-0.2, -0.15) is 0 Å². The van der Waals surface area contributed by atoms with Gasteiger partial charge in [0.1, 0.15) is 0 Å². The maximum Gasteiger partial charge on any atom is 0.342 e. The van der Waals surface area contributed by atoms with Gasteiger partial charge in [-0.3, -0.25) is 0 Å². The summed E-state index contributed by atoms with van der Waals surface area (Å²) in [6, 6.07) is 16.1. The van der Waals surface area contributed by atoms with Crippen molar-refractivity contribution in [2.24, 2.45) is 0 Å². The van der Waals surface area contributed by atoms with E-state index in [1.165, 1.54) is 6.26 Å². The summed E-state index contributed by atoms with van der Waals surface area (Å²) in [5, 5.41) is 0.615. The lowest BCUT2D eigenvalue weighted by molar-refractivity contribution is 0.0665. The van der Waals surface area contributed by atoms with Crippen molar-refractivity contribution in [1.82, 2.24) is 0 Å². The number of rotatable bonds is 3. The fraction of sp³-hybridized carbons (Fsp3) is 0. The standard InChI is InChI=1S/C15H11ClO2/c16-14-9-5-4-6-12(14)10-11-18-15(17)13-7-2-1-3-8-13/h1-11H/b11-10+. The second-order valence-corrected chi connectivity index (χ2v) is 4.00. The second-order valence-electron chi connectivity index (χ2n) is 3.60. The largest absolute Gasteiger partial charge is 0.431 e. The van der Waals surface area contributed by atoms with Gasteiger partial charge in [0.2, 0.25) is 0 Å². The molecule has 90 valence electrons. The Bertz CT molecular complexity index is 562. The van der Waals surface area contributed by atoms with E-state index < -0.39 is 0 Å². The maximum absolute atomic E-state index is 11.6. The number of esters is 1. The summed E-state index contributed by atoms with van der Waals surface area (Å²) in [4.78, 5) is 11.6. The molecule has 3 heteroatoms. The number of carbonyl (C=O) groups excluding carboxylic acids is 1. The molecule has 2 aromatic carbocycles. The van der Waals surface area contributed by atoms with E-state index in [2.05, 4.69) is 0 Å². The minimum absolute atomic E-state index is 0.390. The van der Waals surface area contributed by atoms with Crippen LogP contribution >= 0.6 is 11.6 Å². The van der Waals surface area contributed by atoms with Crippen molar-refractivity contribution >= 4 is 23.6 Å².